The van der Waals surface area contributed by atoms with Crippen molar-refractivity contribution >= 4 is 60.4 Å². The zero-order chi connectivity index (χ0) is 37.4. The van der Waals surface area contributed by atoms with E-state index in [2.05, 4.69) is 15.5 Å². The molecule has 3 atom stereocenters. The van der Waals surface area contributed by atoms with Crippen molar-refractivity contribution in [2.45, 2.75) is 55.8 Å². The van der Waals surface area contributed by atoms with E-state index >= 15 is 4.79 Å². The lowest BCUT2D eigenvalue weighted by Gasteiger charge is -2.41. The molecule has 0 aromatic heterocycles. The van der Waals surface area contributed by atoms with Gasteiger partial charge < -0.3 is 9.64 Å². The molecule has 5 rings (SSSR count). The Kier molecular flexibility index (Phi) is 11.8. The summed E-state index contributed by atoms with van der Waals surface area (Å²) in [6.45, 7) is 9.92. The van der Waals surface area contributed by atoms with E-state index in [4.69, 9.17) is 39.5 Å². The number of ether oxygens (including phenoxy) is 1. The van der Waals surface area contributed by atoms with Crippen LogP contribution >= 0.6 is 34.8 Å². The Hall–Kier alpha value is -2.42. The highest BCUT2D eigenvalue weighted by Crippen LogP contribution is 2.52. The maximum Gasteiger partial charge on any atom is 0.262 e. The molecule has 0 spiro atoms. The molecule has 0 bridgehead atoms. The minimum Gasteiger partial charge on any atom is -0.493 e. The molecule has 15 heteroatoms. The van der Waals surface area contributed by atoms with Gasteiger partial charge in [0, 0.05) is 54.1 Å². The highest BCUT2D eigenvalue weighted by Gasteiger charge is 2.65. The molecule has 0 radical (unpaired) electrons. The standard InChI is InChI=1S/C36H45Cl3N4O6S2/c1-6-49-31-24-30(39)32(51(47,48)7-2)23-29(31)36(33(44)43-20-18-42(19-21-43)17-8-22-50(5,45)46)40-34(3,25-9-13-27(37)14-10-25)35(4,41-36)26-11-15-28(38)16-12-26/h9-16,23-24,40-41H,6-8,17-22H2,1-5H3/t34-,35+,36?. The zero-order valence-electron chi connectivity index (χ0n) is 29.4. The van der Waals surface area contributed by atoms with Crippen LogP contribution in [0.25, 0.3) is 0 Å². The number of sulfone groups is 2. The van der Waals surface area contributed by atoms with Crippen LogP contribution in [0.15, 0.2) is 65.6 Å². The van der Waals surface area contributed by atoms with Crippen LogP contribution in [0.3, 0.4) is 0 Å². The zero-order valence-corrected chi connectivity index (χ0v) is 33.3. The smallest absolute Gasteiger partial charge is 0.262 e. The van der Waals surface area contributed by atoms with Crippen LogP contribution in [-0.2, 0) is 41.2 Å². The Bertz CT molecular complexity index is 1910. The molecule has 2 N–H and O–H groups in total. The number of carbonyl (C=O) groups is 1. The minimum absolute atomic E-state index is 0.00622. The summed E-state index contributed by atoms with van der Waals surface area (Å²) in [5, 5.41) is 8.55. The molecular weight excluding hydrogens is 755 g/mol. The van der Waals surface area contributed by atoms with Gasteiger partial charge in [-0.15, -0.1) is 0 Å². The van der Waals surface area contributed by atoms with Crippen molar-refractivity contribution in [2.75, 3.05) is 57.1 Å². The van der Waals surface area contributed by atoms with Crippen LogP contribution in [0, 0.1) is 0 Å². The molecule has 2 heterocycles. The summed E-state index contributed by atoms with van der Waals surface area (Å²) in [7, 11) is -6.92. The van der Waals surface area contributed by atoms with E-state index in [1.165, 1.54) is 18.4 Å². The minimum atomic E-state index is -3.83. The summed E-state index contributed by atoms with van der Waals surface area (Å²) >= 11 is 19.3. The monoisotopic (exact) mass is 798 g/mol. The SMILES string of the molecule is CCOc1cc(Cl)c(S(=O)(=O)CC)cc1C1(C(=O)N2CCN(CCCS(C)(=O)=O)CC2)N[C@@](C)(c2ccc(Cl)cc2)[C@@](C)(c2ccc(Cl)cc2)N1. The van der Waals surface area contributed by atoms with Gasteiger partial charge in [0.2, 0.25) is 0 Å². The van der Waals surface area contributed by atoms with Crippen LogP contribution < -0.4 is 15.4 Å². The lowest BCUT2D eigenvalue weighted by Crippen LogP contribution is -2.63. The molecule has 2 aliphatic heterocycles. The summed E-state index contributed by atoms with van der Waals surface area (Å²) in [5.41, 5.74) is -1.89. The average molecular weight is 800 g/mol. The van der Waals surface area contributed by atoms with Crippen LogP contribution in [0.1, 0.15) is 50.8 Å². The number of nitrogens with one attached hydrogen (secondary N) is 2. The lowest BCUT2D eigenvalue weighted by molar-refractivity contribution is -0.142. The molecule has 3 aromatic rings. The Morgan fingerprint density at radius 2 is 1.33 bits per heavy atom. The molecule has 278 valence electrons. The highest BCUT2D eigenvalue weighted by molar-refractivity contribution is 7.91. The van der Waals surface area contributed by atoms with Crippen LogP contribution in [0.2, 0.25) is 15.1 Å². The number of benzene rings is 3. The predicted octanol–water partition coefficient (Wildman–Crippen LogP) is 5.59. The van der Waals surface area contributed by atoms with Crippen LogP contribution in [0.4, 0.5) is 0 Å². The van der Waals surface area contributed by atoms with E-state index in [0.717, 1.165) is 11.1 Å². The largest absolute Gasteiger partial charge is 0.493 e. The van der Waals surface area contributed by atoms with E-state index in [1.807, 2.05) is 38.1 Å². The van der Waals surface area contributed by atoms with Crippen molar-refractivity contribution in [3.8, 4) is 5.75 Å². The molecule has 10 nitrogen and oxygen atoms in total. The van der Waals surface area contributed by atoms with Gasteiger partial charge in [0.1, 0.15) is 15.6 Å². The third-order valence-electron chi connectivity index (χ3n) is 10.1. The first-order valence-corrected chi connectivity index (χ1v) is 21.7. The first-order chi connectivity index (χ1) is 23.9. The lowest BCUT2D eigenvalue weighted by atomic mass is 9.72. The fourth-order valence-corrected chi connectivity index (χ4v) is 9.51. The predicted molar refractivity (Wildman–Crippen MR) is 203 cm³/mol. The second kappa shape index (κ2) is 15.1. The fourth-order valence-electron chi connectivity index (χ4n) is 7.14. The van der Waals surface area contributed by atoms with Gasteiger partial charge in [-0.1, -0.05) is 66.0 Å². The molecule has 0 aliphatic carbocycles. The Morgan fingerprint density at radius 3 is 1.78 bits per heavy atom. The van der Waals surface area contributed by atoms with E-state index in [-0.39, 0.29) is 45.3 Å². The number of amides is 1. The fraction of sp³-hybridized carbons (Fsp3) is 0.472. The summed E-state index contributed by atoms with van der Waals surface area (Å²) in [6, 6.07) is 17.7. The Morgan fingerprint density at radius 1 is 0.824 bits per heavy atom. The van der Waals surface area contributed by atoms with Crippen molar-refractivity contribution < 1.29 is 26.4 Å². The normalized spacial score (nSPS) is 24.5. The first kappa shape index (κ1) is 39.8. The summed E-state index contributed by atoms with van der Waals surface area (Å²) in [6.07, 6.45) is 1.72. The van der Waals surface area contributed by atoms with Gasteiger partial charge in [-0.25, -0.2) is 16.8 Å². The topological polar surface area (TPSA) is 125 Å². The Labute approximate surface area is 316 Å². The number of rotatable bonds is 12. The molecule has 2 fully saturated rings. The van der Waals surface area contributed by atoms with Crippen LogP contribution in [-0.4, -0.2) is 89.6 Å². The van der Waals surface area contributed by atoms with Gasteiger partial charge in [0.15, 0.2) is 15.5 Å². The van der Waals surface area contributed by atoms with Gasteiger partial charge in [-0.3, -0.25) is 20.3 Å². The van der Waals surface area contributed by atoms with E-state index in [9.17, 15) is 16.8 Å². The van der Waals surface area contributed by atoms with Crippen molar-refractivity contribution in [1.82, 2.24) is 20.4 Å². The maximum absolute atomic E-state index is 15.4. The molecule has 0 saturated carbocycles. The summed E-state index contributed by atoms with van der Waals surface area (Å²) < 4.78 is 56.5. The van der Waals surface area contributed by atoms with Crippen molar-refractivity contribution in [3.63, 3.8) is 0 Å². The molecule has 2 aliphatic rings. The number of hydrogen-bond donors (Lipinski definition) is 2. The van der Waals surface area contributed by atoms with Crippen molar-refractivity contribution in [3.05, 3.63) is 92.4 Å². The molecule has 1 unspecified atom stereocenters. The summed E-state index contributed by atoms with van der Waals surface area (Å²) in [5.74, 6) is -0.188. The van der Waals surface area contributed by atoms with Gasteiger partial charge in [0.05, 0.1) is 39.1 Å². The van der Waals surface area contributed by atoms with Crippen molar-refractivity contribution in [2.24, 2.45) is 0 Å². The van der Waals surface area contributed by atoms with E-state index in [1.54, 1.807) is 43.0 Å². The maximum atomic E-state index is 15.4. The third kappa shape index (κ3) is 7.94. The average Bonchev–Trinajstić information content (AvgIpc) is 3.33. The van der Waals surface area contributed by atoms with Gasteiger partial charge in [-0.2, -0.15) is 0 Å². The number of carbonyl (C=O) groups excluding carboxylic acids is 1. The van der Waals surface area contributed by atoms with Gasteiger partial charge >= 0.3 is 0 Å². The number of piperazine rings is 1. The molecule has 2 saturated heterocycles. The highest BCUT2D eigenvalue weighted by atomic mass is 35.5. The second-order valence-corrected chi connectivity index (χ2v) is 19.3. The van der Waals surface area contributed by atoms with E-state index < -0.39 is 36.4 Å². The number of halogens is 3. The quantitative estimate of drug-likeness (QED) is 0.241. The molecule has 1 amide bonds. The second-order valence-electron chi connectivity index (χ2n) is 13.5. The molecule has 3 aromatic carbocycles. The number of hydrogen-bond acceptors (Lipinski definition) is 9. The van der Waals surface area contributed by atoms with Gasteiger partial charge in [0.25, 0.3) is 5.91 Å². The van der Waals surface area contributed by atoms with Crippen LogP contribution in [0.5, 0.6) is 5.75 Å². The van der Waals surface area contributed by atoms with Crippen molar-refractivity contribution in [1.29, 1.82) is 0 Å². The number of nitrogens with zero attached hydrogens (tertiary/aromatic N) is 2. The van der Waals surface area contributed by atoms with Gasteiger partial charge in [-0.05, 0) is 75.2 Å². The Balaban J connectivity index is 1.71. The van der Waals surface area contributed by atoms with E-state index in [0.29, 0.717) is 49.2 Å². The third-order valence-corrected chi connectivity index (χ3v) is 13.9. The first-order valence-electron chi connectivity index (χ1n) is 16.9. The summed E-state index contributed by atoms with van der Waals surface area (Å²) in [4.78, 5) is 19.2. The molecular formula is C36H45Cl3N4O6S2. The molecule has 51 heavy (non-hydrogen) atoms.